The molecule has 0 atom stereocenters. The molecule has 0 fully saturated rings. The first kappa shape index (κ1) is 19.0. The van der Waals surface area contributed by atoms with Crippen LogP contribution in [-0.2, 0) is 0 Å². The first-order valence-corrected chi connectivity index (χ1v) is 10.9. The van der Waals surface area contributed by atoms with Gasteiger partial charge < -0.3 is 4.57 Å². The summed E-state index contributed by atoms with van der Waals surface area (Å²) in [6.45, 7) is 0. The first-order chi connectivity index (χ1) is 16.3. The van der Waals surface area contributed by atoms with Crippen LogP contribution in [0.2, 0.25) is 0 Å². The van der Waals surface area contributed by atoms with E-state index in [1.807, 2.05) is 12.1 Å². The van der Waals surface area contributed by atoms with Crippen LogP contribution in [0.1, 0.15) is 5.56 Å². The summed E-state index contributed by atoms with van der Waals surface area (Å²) in [5.74, 6) is 0. The second kappa shape index (κ2) is 7.78. The third-order valence-corrected chi connectivity index (χ3v) is 6.15. The fourth-order valence-electron chi connectivity index (χ4n) is 4.67. The van der Waals surface area contributed by atoms with Crippen LogP contribution in [0.25, 0.3) is 49.7 Å². The van der Waals surface area contributed by atoms with Crippen LogP contribution in [0.4, 0.5) is 0 Å². The highest BCUT2D eigenvalue weighted by Crippen LogP contribution is 2.37. The molecule has 0 saturated carbocycles. The van der Waals surface area contributed by atoms with Gasteiger partial charge in [0.25, 0.3) is 0 Å². The van der Waals surface area contributed by atoms with E-state index in [2.05, 4.69) is 101 Å². The molecule has 0 aliphatic carbocycles. The summed E-state index contributed by atoms with van der Waals surface area (Å²) in [5, 5.41) is 12.0. The van der Waals surface area contributed by atoms with Crippen LogP contribution in [0.5, 0.6) is 0 Å². The molecule has 0 amide bonds. The number of hydrogen-bond acceptors (Lipinski definition) is 2. The fraction of sp³-hybridized carbons (Fsp3) is 0. The van der Waals surface area contributed by atoms with Crippen molar-refractivity contribution in [3.05, 3.63) is 121 Å². The van der Waals surface area contributed by atoms with Gasteiger partial charge in [-0.1, -0.05) is 72.8 Å². The molecule has 0 spiro atoms. The van der Waals surface area contributed by atoms with E-state index in [0.717, 1.165) is 27.9 Å². The Balaban J connectivity index is 1.61. The van der Waals surface area contributed by atoms with Crippen molar-refractivity contribution in [1.82, 2.24) is 9.55 Å². The van der Waals surface area contributed by atoms with E-state index in [1.165, 1.54) is 21.8 Å². The standard InChI is InChI=1S/C30H19N3/c31-19-23-16-17-32-20-27(23)22-9-7-8-21(18-22)24-10-1-4-13-28(24)33-29-14-5-2-11-25(29)26-12-3-6-15-30(26)33/h1-18,20H. The Bertz CT molecular complexity index is 1630. The van der Waals surface area contributed by atoms with E-state index in [0.29, 0.717) is 5.56 Å². The van der Waals surface area contributed by atoms with Crippen molar-refractivity contribution >= 4 is 21.8 Å². The molecule has 0 bridgehead atoms. The van der Waals surface area contributed by atoms with Gasteiger partial charge >= 0.3 is 0 Å². The molecule has 0 N–H and O–H groups in total. The zero-order valence-electron chi connectivity index (χ0n) is 17.8. The first-order valence-electron chi connectivity index (χ1n) is 10.9. The zero-order chi connectivity index (χ0) is 22.2. The summed E-state index contributed by atoms with van der Waals surface area (Å²) >= 11 is 0. The van der Waals surface area contributed by atoms with Gasteiger partial charge in [0.05, 0.1) is 28.4 Å². The number of pyridine rings is 1. The van der Waals surface area contributed by atoms with Crippen molar-refractivity contribution in [2.24, 2.45) is 0 Å². The number of para-hydroxylation sites is 3. The highest BCUT2D eigenvalue weighted by atomic mass is 15.0. The van der Waals surface area contributed by atoms with E-state index in [9.17, 15) is 5.26 Å². The fourth-order valence-corrected chi connectivity index (χ4v) is 4.67. The smallest absolute Gasteiger partial charge is 0.0999 e. The lowest BCUT2D eigenvalue weighted by atomic mass is 9.96. The maximum absolute atomic E-state index is 9.56. The number of benzene rings is 4. The quantitative estimate of drug-likeness (QED) is 0.299. The predicted octanol–water partition coefficient (Wildman–Crippen LogP) is 7.38. The van der Waals surface area contributed by atoms with E-state index in [-0.39, 0.29) is 0 Å². The lowest BCUT2D eigenvalue weighted by Gasteiger charge is -2.15. The van der Waals surface area contributed by atoms with Crippen LogP contribution in [0, 0.1) is 11.3 Å². The molecule has 4 aromatic carbocycles. The SMILES string of the molecule is N#Cc1ccncc1-c1cccc(-c2ccccc2-n2c3ccccc3c3ccccc32)c1. The van der Waals surface area contributed by atoms with E-state index >= 15 is 0 Å². The number of nitriles is 1. The number of rotatable bonds is 3. The average Bonchev–Trinajstić information content (AvgIpc) is 3.23. The highest BCUT2D eigenvalue weighted by Gasteiger charge is 2.15. The third-order valence-electron chi connectivity index (χ3n) is 6.15. The average molecular weight is 422 g/mol. The largest absolute Gasteiger partial charge is 0.309 e. The maximum atomic E-state index is 9.56. The summed E-state index contributed by atoms with van der Waals surface area (Å²) in [7, 11) is 0. The Hall–Kier alpha value is -4.68. The molecule has 3 nitrogen and oxygen atoms in total. The topological polar surface area (TPSA) is 41.6 Å². The molecule has 0 aliphatic heterocycles. The van der Waals surface area contributed by atoms with Gasteiger partial charge in [-0.3, -0.25) is 4.98 Å². The molecule has 154 valence electrons. The molecule has 6 aromatic rings. The van der Waals surface area contributed by atoms with Crippen molar-refractivity contribution in [3.63, 3.8) is 0 Å². The van der Waals surface area contributed by atoms with E-state index < -0.39 is 0 Å². The molecule has 0 aliphatic rings. The van der Waals surface area contributed by atoms with Crippen LogP contribution in [0.15, 0.2) is 116 Å². The molecule has 0 radical (unpaired) electrons. The van der Waals surface area contributed by atoms with Gasteiger partial charge in [-0.25, -0.2) is 0 Å². The van der Waals surface area contributed by atoms with Crippen molar-refractivity contribution in [2.75, 3.05) is 0 Å². The highest BCUT2D eigenvalue weighted by molar-refractivity contribution is 6.09. The van der Waals surface area contributed by atoms with Gasteiger partial charge in [0.2, 0.25) is 0 Å². The van der Waals surface area contributed by atoms with Crippen LogP contribution < -0.4 is 0 Å². The van der Waals surface area contributed by atoms with Crippen LogP contribution >= 0.6 is 0 Å². The molecule has 2 heterocycles. The van der Waals surface area contributed by atoms with Crippen LogP contribution in [-0.4, -0.2) is 9.55 Å². The molecule has 33 heavy (non-hydrogen) atoms. The Labute approximate surface area is 191 Å². The lowest BCUT2D eigenvalue weighted by Crippen LogP contribution is -1.97. The van der Waals surface area contributed by atoms with Gasteiger partial charge in [0, 0.05) is 34.3 Å². The van der Waals surface area contributed by atoms with Gasteiger partial charge in [-0.15, -0.1) is 0 Å². The van der Waals surface area contributed by atoms with Crippen molar-refractivity contribution in [2.45, 2.75) is 0 Å². The molecular formula is C30H19N3. The third kappa shape index (κ3) is 3.09. The van der Waals surface area contributed by atoms with E-state index in [1.54, 1.807) is 18.5 Å². The molecule has 3 heteroatoms. The zero-order valence-corrected chi connectivity index (χ0v) is 17.8. The van der Waals surface area contributed by atoms with Gasteiger partial charge in [0.15, 0.2) is 0 Å². The summed E-state index contributed by atoms with van der Waals surface area (Å²) in [6, 6.07) is 38.0. The number of fused-ring (bicyclic) bond motifs is 3. The molecular weight excluding hydrogens is 402 g/mol. The monoisotopic (exact) mass is 421 g/mol. The van der Waals surface area contributed by atoms with Gasteiger partial charge in [0.1, 0.15) is 0 Å². The van der Waals surface area contributed by atoms with Crippen molar-refractivity contribution in [1.29, 1.82) is 5.26 Å². The Kier molecular flexibility index (Phi) is 4.49. The van der Waals surface area contributed by atoms with E-state index in [4.69, 9.17) is 0 Å². The Morgan fingerprint density at radius 2 is 1.27 bits per heavy atom. The van der Waals surface area contributed by atoms with Gasteiger partial charge in [-0.2, -0.15) is 5.26 Å². The minimum absolute atomic E-state index is 0.623. The summed E-state index contributed by atoms with van der Waals surface area (Å²) in [4.78, 5) is 4.24. The lowest BCUT2D eigenvalue weighted by molar-refractivity contribution is 1.18. The van der Waals surface area contributed by atoms with Crippen LogP contribution in [0.3, 0.4) is 0 Å². The van der Waals surface area contributed by atoms with Crippen molar-refractivity contribution in [3.8, 4) is 34.0 Å². The second-order valence-electron chi connectivity index (χ2n) is 8.00. The molecule has 0 unspecified atom stereocenters. The predicted molar refractivity (Wildman–Crippen MR) is 134 cm³/mol. The summed E-state index contributed by atoms with van der Waals surface area (Å²) in [5.41, 5.74) is 8.16. The number of hydrogen-bond donors (Lipinski definition) is 0. The number of aromatic nitrogens is 2. The minimum Gasteiger partial charge on any atom is -0.309 e. The van der Waals surface area contributed by atoms with Crippen molar-refractivity contribution < 1.29 is 0 Å². The molecule has 2 aromatic heterocycles. The summed E-state index contributed by atoms with van der Waals surface area (Å²) < 4.78 is 2.34. The van der Waals surface area contributed by atoms with Gasteiger partial charge in [-0.05, 0) is 41.5 Å². The summed E-state index contributed by atoms with van der Waals surface area (Å²) in [6.07, 6.45) is 3.42. The Morgan fingerprint density at radius 3 is 2.00 bits per heavy atom. The molecule has 0 saturated heterocycles. The minimum atomic E-state index is 0.623. The Morgan fingerprint density at radius 1 is 0.636 bits per heavy atom. The second-order valence-corrected chi connectivity index (χ2v) is 8.00. The normalized spacial score (nSPS) is 11.0. The number of nitrogens with zero attached hydrogens (tertiary/aromatic N) is 3. The maximum Gasteiger partial charge on any atom is 0.0999 e. The molecule has 6 rings (SSSR count).